The van der Waals surface area contributed by atoms with Crippen molar-refractivity contribution in [3.05, 3.63) is 41.5 Å². The topological polar surface area (TPSA) is 131 Å². The van der Waals surface area contributed by atoms with Crippen LogP contribution in [0.2, 0.25) is 0 Å². The summed E-state index contributed by atoms with van der Waals surface area (Å²) >= 11 is 0. The quantitative estimate of drug-likeness (QED) is 0.253. The summed E-state index contributed by atoms with van der Waals surface area (Å²) < 4.78 is 10.3. The highest BCUT2D eigenvalue weighted by atomic mass is 16.6. The molecule has 0 bridgehead atoms. The van der Waals surface area contributed by atoms with Crippen molar-refractivity contribution < 1.29 is 33.4 Å². The lowest BCUT2D eigenvalue weighted by Crippen LogP contribution is -2.54. The minimum Gasteiger partial charge on any atom is -0.460 e. The second kappa shape index (κ2) is 9.52. The Morgan fingerprint density at radius 2 is 1.97 bits per heavy atom. The first kappa shape index (κ1) is 22.2. The van der Waals surface area contributed by atoms with E-state index in [1.54, 1.807) is 19.1 Å². The van der Waals surface area contributed by atoms with Gasteiger partial charge >= 0.3 is 5.97 Å². The lowest BCUT2D eigenvalue weighted by molar-refractivity contribution is -0.140. The number of amides is 4. The fourth-order valence-corrected chi connectivity index (χ4v) is 3.34. The highest BCUT2D eigenvalue weighted by Gasteiger charge is 2.45. The van der Waals surface area contributed by atoms with Crippen molar-refractivity contribution in [1.82, 2.24) is 10.2 Å². The van der Waals surface area contributed by atoms with Gasteiger partial charge in [0.25, 0.3) is 11.8 Å². The van der Waals surface area contributed by atoms with Crippen LogP contribution in [0, 0.1) is 0 Å². The molecule has 2 heterocycles. The van der Waals surface area contributed by atoms with Gasteiger partial charge in [0.15, 0.2) is 0 Å². The summed E-state index contributed by atoms with van der Waals surface area (Å²) in [4.78, 5) is 61.4. The van der Waals surface area contributed by atoms with Gasteiger partial charge < -0.3 is 14.8 Å². The summed E-state index contributed by atoms with van der Waals surface area (Å²) in [5.74, 6) is -2.69. The smallest absolute Gasteiger partial charge is 0.333 e. The van der Waals surface area contributed by atoms with Crippen LogP contribution < -0.4 is 10.6 Å². The van der Waals surface area contributed by atoms with Gasteiger partial charge in [0.05, 0.1) is 24.3 Å². The number of anilines is 1. The molecule has 1 atom stereocenters. The van der Waals surface area contributed by atoms with Gasteiger partial charge in [-0.1, -0.05) is 12.6 Å². The predicted octanol–water partition coefficient (Wildman–Crippen LogP) is 0.636. The molecule has 0 saturated carbocycles. The fourth-order valence-electron chi connectivity index (χ4n) is 3.34. The van der Waals surface area contributed by atoms with Crippen molar-refractivity contribution in [3.63, 3.8) is 0 Å². The zero-order valence-corrected chi connectivity index (χ0v) is 17.1. The summed E-state index contributed by atoms with van der Waals surface area (Å²) in [5.41, 5.74) is 1.15. The van der Waals surface area contributed by atoms with Crippen LogP contribution in [-0.2, 0) is 23.9 Å². The van der Waals surface area contributed by atoms with Crippen LogP contribution in [-0.4, -0.2) is 66.9 Å². The zero-order chi connectivity index (χ0) is 22.5. The van der Waals surface area contributed by atoms with Crippen LogP contribution in [0.1, 0.15) is 40.5 Å². The van der Waals surface area contributed by atoms with Gasteiger partial charge in [-0.2, -0.15) is 0 Å². The minimum atomic E-state index is -1.01. The van der Waals surface area contributed by atoms with Crippen LogP contribution >= 0.6 is 0 Å². The van der Waals surface area contributed by atoms with Crippen LogP contribution in [0.25, 0.3) is 0 Å². The highest BCUT2D eigenvalue weighted by Crippen LogP contribution is 2.32. The molecular weight excluding hydrogens is 406 g/mol. The molecule has 2 N–H and O–H groups in total. The molecule has 1 aromatic carbocycles. The van der Waals surface area contributed by atoms with Gasteiger partial charge in [0.2, 0.25) is 11.8 Å². The maximum atomic E-state index is 13.0. The van der Waals surface area contributed by atoms with Crippen LogP contribution in [0.5, 0.6) is 0 Å². The molecule has 10 nitrogen and oxygen atoms in total. The number of hydrogen-bond donors (Lipinski definition) is 2. The maximum Gasteiger partial charge on any atom is 0.333 e. The lowest BCUT2D eigenvalue weighted by atomic mass is 10.0. The molecule has 4 amide bonds. The van der Waals surface area contributed by atoms with E-state index in [4.69, 9.17) is 9.47 Å². The van der Waals surface area contributed by atoms with Gasteiger partial charge in [-0.25, -0.2) is 4.79 Å². The molecule has 3 rings (SSSR count). The second-order valence-corrected chi connectivity index (χ2v) is 7.13. The molecule has 10 heteroatoms. The van der Waals surface area contributed by atoms with Crippen molar-refractivity contribution in [1.29, 1.82) is 0 Å². The molecule has 0 radical (unpaired) electrons. The fraction of sp³-hybridized carbons (Fsp3) is 0.381. The Kier molecular flexibility index (Phi) is 6.81. The molecular formula is C21H23N3O7. The number of esters is 1. The molecule has 1 fully saturated rings. The molecule has 0 aliphatic carbocycles. The van der Waals surface area contributed by atoms with E-state index in [1.165, 1.54) is 6.07 Å². The molecule has 2 aliphatic rings. The Bertz CT molecular complexity index is 956. The van der Waals surface area contributed by atoms with Crippen molar-refractivity contribution in [2.24, 2.45) is 0 Å². The number of piperidine rings is 1. The second-order valence-electron chi connectivity index (χ2n) is 7.13. The molecule has 0 aromatic heterocycles. The van der Waals surface area contributed by atoms with E-state index < -0.39 is 35.6 Å². The molecule has 1 unspecified atom stereocenters. The molecule has 0 spiro atoms. The van der Waals surface area contributed by atoms with E-state index >= 15 is 0 Å². The molecule has 164 valence electrons. The van der Waals surface area contributed by atoms with Gasteiger partial charge in [0.1, 0.15) is 12.6 Å². The largest absolute Gasteiger partial charge is 0.460 e. The Hall–Kier alpha value is -3.53. The average Bonchev–Trinajstić information content (AvgIpc) is 2.98. The third kappa shape index (κ3) is 4.80. The van der Waals surface area contributed by atoms with Gasteiger partial charge in [-0.05, 0) is 25.5 Å². The van der Waals surface area contributed by atoms with Crippen LogP contribution in [0.15, 0.2) is 30.4 Å². The number of benzene rings is 1. The molecule has 1 saturated heterocycles. The lowest BCUT2D eigenvalue weighted by Gasteiger charge is -2.27. The number of carbonyl (C=O) groups excluding carboxylic acids is 5. The minimum absolute atomic E-state index is 0.0634. The third-order valence-corrected chi connectivity index (χ3v) is 4.84. The number of imide groups is 2. The van der Waals surface area contributed by atoms with E-state index in [9.17, 15) is 24.0 Å². The van der Waals surface area contributed by atoms with E-state index in [-0.39, 0.29) is 43.8 Å². The van der Waals surface area contributed by atoms with E-state index in [2.05, 4.69) is 17.2 Å². The van der Waals surface area contributed by atoms with Crippen LogP contribution in [0.4, 0.5) is 5.69 Å². The summed E-state index contributed by atoms with van der Waals surface area (Å²) in [5, 5.41) is 5.22. The van der Waals surface area contributed by atoms with E-state index in [0.29, 0.717) is 17.8 Å². The summed E-state index contributed by atoms with van der Waals surface area (Å²) in [6, 6.07) is 3.81. The number of rotatable bonds is 9. The monoisotopic (exact) mass is 429 g/mol. The van der Waals surface area contributed by atoms with E-state index in [0.717, 1.165) is 4.90 Å². The molecule has 1 aromatic rings. The van der Waals surface area contributed by atoms with Crippen molar-refractivity contribution in [2.75, 3.05) is 31.7 Å². The summed E-state index contributed by atoms with van der Waals surface area (Å²) in [6.07, 6.45) is 0.163. The SMILES string of the molecule is C=C(C)C(=O)OCCOCCNc1cccc2c1C(=O)N(C1CCC(=O)NC1=O)C2=O. The maximum absolute atomic E-state index is 13.0. The van der Waals surface area contributed by atoms with E-state index in [1.807, 2.05) is 0 Å². The average molecular weight is 429 g/mol. The highest BCUT2D eigenvalue weighted by molar-refractivity contribution is 6.25. The van der Waals surface area contributed by atoms with Crippen molar-refractivity contribution in [2.45, 2.75) is 25.8 Å². The Balaban J connectivity index is 1.57. The summed E-state index contributed by atoms with van der Waals surface area (Å²) in [6.45, 7) is 5.95. The first-order valence-electron chi connectivity index (χ1n) is 9.80. The number of fused-ring (bicyclic) bond motifs is 1. The molecule has 2 aliphatic heterocycles. The third-order valence-electron chi connectivity index (χ3n) is 4.84. The normalized spacial score (nSPS) is 18.0. The van der Waals surface area contributed by atoms with Gasteiger partial charge in [-0.3, -0.25) is 29.4 Å². The predicted molar refractivity (Wildman–Crippen MR) is 108 cm³/mol. The number of ether oxygens (including phenoxy) is 2. The van der Waals surface area contributed by atoms with Crippen LogP contribution in [0.3, 0.4) is 0 Å². The Labute approximate surface area is 178 Å². The number of hydrogen-bond acceptors (Lipinski definition) is 8. The first-order valence-corrected chi connectivity index (χ1v) is 9.80. The standard InChI is InChI=1S/C21H23N3O7/c1-12(2)21(29)31-11-10-30-9-8-22-14-5-3-4-13-17(14)20(28)24(19(13)27)15-6-7-16(25)23-18(15)26/h3-5,15,22H,1,6-11H2,2H3,(H,23,25,26). The van der Waals surface area contributed by atoms with Gasteiger partial charge in [0, 0.05) is 24.2 Å². The Morgan fingerprint density at radius 1 is 1.19 bits per heavy atom. The molecule has 31 heavy (non-hydrogen) atoms. The van der Waals surface area contributed by atoms with Gasteiger partial charge in [-0.15, -0.1) is 0 Å². The Morgan fingerprint density at radius 3 is 2.68 bits per heavy atom. The summed E-state index contributed by atoms with van der Waals surface area (Å²) in [7, 11) is 0. The van der Waals surface area contributed by atoms with Crippen molar-refractivity contribution in [3.8, 4) is 0 Å². The zero-order valence-electron chi connectivity index (χ0n) is 17.1. The first-order chi connectivity index (χ1) is 14.8. The van der Waals surface area contributed by atoms with Crippen molar-refractivity contribution >= 4 is 35.3 Å². The number of nitrogens with one attached hydrogen (secondary N) is 2. The number of nitrogens with zero attached hydrogens (tertiary/aromatic N) is 1. The number of carbonyl (C=O) groups is 5.